The zero-order chi connectivity index (χ0) is 31.1. The van der Waals surface area contributed by atoms with Gasteiger partial charge in [-0.15, -0.1) is 11.8 Å². The molecule has 0 spiro atoms. The van der Waals surface area contributed by atoms with Gasteiger partial charge in [0.05, 0.1) is 27.5 Å². The molecule has 9 nitrogen and oxygen atoms in total. The van der Waals surface area contributed by atoms with E-state index in [1.165, 1.54) is 53.1 Å². The number of nitrogens with zero attached hydrogens (tertiary/aromatic N) is 2. The van der Waals surface area contributed by atoms with Crippen LogP contribution >= 0.6 is 34.7 Å². The van der Waals surface area contributed by atoms with Gasteiger partial charge in [-0.25, -0.2) is 4.39 Å². The number of imide groups is 1. The molecule has 3 fully saturated rings. The van der Waals surface area contributed by atoms with Gasteiger partial charge in [0, 0.05) is 38.8 Å². The van der Waals surface area contributed by atoms with E-state index in [4.69, 9.17) is 16.3 Å². The predicted molar refractivity (Wildman–Crippen MR) is 166 cm³/mol. The van der Waals surface area contributed by atoms with Gasteiger partial charge in [0.1, 0.15) is 18.2 Å². The van der Waals surface area contributed by atoms with E-state index in [2.05, 4.69) is 4.98 Å². The van der Waals surface area contributed by atoms with Crippen molar-refractivity contribution in [2.75, 3.05) is 4.90 Å². The molecule has 3 aromatic carbocycles. The van der Waals surface area contributed by atoms with Crippen LogP contribution in [-0.2, 0) is 16.2 Å². The van der Waals surface area contributed by atoms with E-state index in [0.29, 0.717) is 33.5 Å². The Morgan fingerprint density at radius 1 is 1.02 bits per heavy atom. The zero-order valence-corrected chi connectivity index (χ0v) is 25.6. The monoisotopic (exact) mass is 663 g/mol. The number of ether oxygens (including phenoxy) is 1. The Balaban J connectivity index is 1.22. The van der Waals surface area contributed by atoms with Gasteiger partial charge in [0.25, 0.3) is 5.69 Å². The molecular weight excluding hydrogens is 641 g/mol. The number of non-ortho nitro benzene ring substituents is 1. The minimum Gasteiger partial charge on any atom is -0.489 e. The molecule has 1 saturated heterocycles. The van der Waals surface area contributed by atoms with E-state index in [1.54, 1.807) is 18.2 Å². The van der Waals surface area contributed by atoms with E-state index < -0.39 is 28.5 Å². The molecule has 13 heteroatoms. The van der Waals surface area contributed by atoms with Crippen LogP contribution in [0.2, 0.25) is 5.02 Å². The molecule has 6 unspecified atom stereocenters. The lowest BCUT2D eigenvalue weighted by molar-refractivity contribution is -0.385. The van der Waals surface area contributed by atoms with Crippen molar-refractivity contribution >= 4 is 57.9 Å². The standard InChI is InChI=1S/C32H23ClFN3O6S2/c33-15-3-1-2-14(10-15)13-43-22-9-8-18(37(41)42)11-19(22)23-24-20-12-21(27(24)44-29-28(23)45-32(40)35-29)26-25(20)30(38)36(31(26)39)17-6-4-16(34)5-7-17/h1-11,20-21,23-27H,12-13H2,(H,35,40)/t20?,21?,23-,24?,25?,26?,27?/m1/s1. The number of rotatable bonds is 6. The molecule has 45 heavy (non-hydrogen) atoms. The number of nitro groups is 1. The van der Waals surface area contributed by atoms with E-state index >= 15 is 0 Å². The number of fused-ring (bicyclic) bond motifs is 9. The number of carbonyl (C=O) groups excluding carboxylic acids is 2. The summed E-state index contributed by atoms with van der Waals surface area (Å²) in [4.78, 5) is 56.6. The SMILES string of the molecule is O=C1C2C3CC(C2C(=O)N1c1ccc(F)cc1)C1C3Sc2[nH]c(=O)sc2[C@@H]1c1cc([N+](=O)[O-])ccc1OCc1cccc(Cl)c1. The van der Waals surface area contributed by atoms with Crippen molar-refractivity contribution in [3.05, 3.63) is 113 Å². The number of aromatic amines is 1. The molecule has 1 N–H and O–H groups in total. The second-order valence-electron chi connectivity index (χ2n) is 11.8. The van der Waals surface area contributed by atoms with E-state index in [9.17, 15) is 28.9 Å². The Morgan fingerprint density at radius 3 is 2.51 bits per heavy atom. The average molecular weight is 664 g/mol. The summed E-state index contributed by atoms with van der Waals surface area (Å²) in [5.74, 6) is -2.77. The highest BCUT2D eigenvalue weighted by Crippen LogP contribution is 2.69. The first-order valence-electron chi connectivity index (χ1n) is 14.4. The number of thioether (sulfide) groups is 1. The second-order valence-corrected chi connectivity index (χ2v) is 14.5. The Kier molecular flexibility index (Phi) is 6.66. The Labute approximate surface area is 268 Å². The molecule has 3 heterocycles. The fourth-order valence-corrected chi connectivity index (χ4v) is 11.1. The average Bonchev–Trinajstić information content (AvgIpc) is 3.75. The van der Waals surface area contributed by atoms with Crippen LogP contribution in [0, 0.1) is 45.5 Å². The van der Waals surface area contributed by atoms with Crippen molar-refractivity contribution in [2.24, 2.45) is 29.6 Å². The van der Waals surface area contributed by atoms with Gasteiger partial charge in [-0.2, -0.15) is 0 Å². The largest absolute Gasteiger partial charge is 0.489 e. The van der Waals surface area contributed by atoms with Gasteiger partial charge >= 0.3 is 4.87 Å². The van der Waals surface area contributed by atoms with Gasteiger partial charge in [0.15, 0.2) is 0 Å². The van der Waals surface area contributed by atoms with Crippen LogP contribution in [0.4, 0.5) is 15.8 Å². The lowest BCUT2D eigenvalue weighted by atomic mass is 9.68. The summed E-state index contributed by atoms with van der Waals surface area (Å²) in [7, 11) is 0. The Hall–Kier alpha value is -4.00. The first-order chi connectivity index (χ1) is 21.7. The van der Waals surface area contributed by atoms with Gasteiger partial charge in [-0.3, -0.25) is 29.4 Å². The fraction of sp³-hybridized carbons (Fsp3) is 0.281. The number of thiazole rings is 1. The molecule has 4 aliphatic rings. The lowest BCUT2D eigenvalue weighted by Gasteiger charge is -2.43. The topological polar surface area (TPSA) is 123 Å². The van der Waals surface area contributed by atoms with E-state index in [0.717, 1.165) is 21.8 Å². The quantitative estimate of drug-likeness (QED) is 0.144. The number of anilines is 1. The first-order valence-corrected chi connectivity index (χ1v) is 16.5. The maximum absolute atomic E-state index is 14.0. The molecule has 2 aliphatic heterocycles. The highest BCUT2D eigenvalue weighted by molar-refractivity contribution is 8.00. The molecule has 1 aromatic heterocycles. The van der Waals surface area contributed by atoms with Crippen LogP contribution in [0.25, 0.3) is 0 Å². The van der Waals surface area contributed by atoms with Gasteiger partial charge in [-0.05, 0) is 72.2 Å². The number of nitrogens with one attached hydrogen (secondary N) is 1. The van der Waals surface area contributed by atoms with Crippen LogP contribution in [0.1, 0.15) is 28.3 Å². The summed E-state index contributed by atoms with van der Waals surface area (Å²) in [5, 5.41) is 13.1. The molecule has 8 rings (SSSR count). The summed E-state index contributed by atoms with van der Waals surface area (Å²) in [6.45, 7) is 0.160. The fourth-order valence-electron chi connectivity index (χ4n) is 8.02. The highest BCUT2D eigenvalue weighted by Gasteiger charge is 2.70. The van der Waals surface area contributed by atoms with Crippen molar-refractivity contribution in [3.63, 3.8) is 0 Å². The summed E-state index contributed by atoms with van der Waals surface area (Å²) in [6.07, 6.45) is 0.649. The number of carbonyl (C=O) groups is 2. The normalized spacial score (nSPS) is 27.8. The van der Waals surface area contributed by atoms with Crippen LogP contribution in [0.5, 0.6) is 5.75 Å². The van der Waals surface area contributed by atoms with Gasteiger partial charge in [0.2, 0.25) is 11.8 Å². The summed E-state index contributed by atoms with van der Waals surface area (Å²) in [6, 6.07) is 17.0. The lowest BCUT2D eigenvalue weighted by Crippen LogP contribution is -2.42. The van der Waals surface area contributed by atoms with Gasteiger partial charge < -0.3 is 9.72 Å². The molecule has 2 amide bonds. The first kappa shape index (κ1) is 28.5. The molecule has 2 aliphatic carbocycles. The van der Waals surface area contributed by atoms with Crippen molar-refractivity contribution in [1.29, 1.82) is 0 Å². The summed E-state index contributed by atoms with van der Waals surface area (Å²) < 4.78 is 20.0. The van der Waals surface area contributed by atoms with Gasteiger partial charge in [-0.1, -0.05) is 35.1 Å². The van der Waals surface area contributed by atoms with Crippen molar-refractivity contribution in [3.8, 4) is 5.75 Å². The van der Waals surface area contributed by atoms with E-state index in [1.807, 2.05) is 12.1 Å². The molecule has 4 aromatic rings. The number of amides is 2. The maximum Gasteiger partial charge on any atom is 0.305 e. The smallest absolute Gasteiger partial charge is 0.305 e. The van der Waals surface area contributed by atoms with Crippen molar-refractivity contribution in [2.45, 2.75) is 29.2 Å². The van der Waals surface area contributed by atoms with Crippen molar-refractivity contribution in [1.82, 2.24) is 4.98 Å². The van der Waals surface area contributed by atoms with Crippen LogP contribution < -0.4 is 14.5 Å². The molecule has 0 radical (unpaired) electrons. The Bertz CT molecular complexity index is 1960. The third-order valence-corrected chi connectivity index (χ3v) is 12.5. The third-order valence-electron chi connectivity index (χ3n) is 9.63. The third kappa shape index (κ3) is 4.44. The van der Waals surface area contributed by atoms with Crippen LogP contribution in [0.3, 0.4) is 0 Å². The number of benzene rings is 3. The molecule has 7 atom stereocenters. The zero-order valence-electron chi connectivity index (χ0n) is 23.2. The van der Waals surface area contributed by atoms with Crippen LogP contribution in [-0.4, -0.2) is 27.0 Å². The Morgan fingerprint density at radius 2 is 1.78 bits per heavy atom. The summed E-state index contributed by atoms with van der Waals surface area (Å²) in [5.41, 5.74) is 1.60. The number of hydrogen-bond acceptors (Lipinski definition) is 8. The number of nitro benzene ring substituents is 1. The predicted octanol–water partition coefficient (Wildman–Crippen LogP) is 6.39. The number of aromatic nitrogens is 1. The van der Waals surface area contributed by atoms with Crippen LogP contribution in [0.15, 0.2) is 76.6 Å². The molecule has 2 bridgehead atoms. The number of hydrogen-bond donors (Lipinski definition) is 1. The highest BCUT2D eigenvalue weighted by atomic mass is 35.5. The number of halogens is 2. The molecule has 228 valence electrons. The second kappa shape index (κ2) is 10.5. The van der Waals surface area contributed by atoms with E-state index in [-0.39, 0.29) is 52.0 Å². The molecular formula is C32H23ClFN3O6S2. The maximum atomic E-state index is 14.0. The van der Waals surface area contributed by atoms with Crippen molar-refractivity contribution < 1.29 is 23.6 Å². The minimum absolute atomic E-state index is 0.116. The minimum atomic E-state index is -0.580. The molecule has 2 saturated carbocycles. The number of H-pyrrole nitrogens is 1. The summed E-state index contributed by atoms with van der Waals surface area (Å²) >= 11 is 8.76.